The molecule has 0 bridgehead atoms. The molecule has 6 nitrogen and oxygen atoms in total. The molecule has 0 aromatic carbocycles. The Bertz CT molecular complexity index is 612. The molecule has 0 unspecified atom stereocenters. The van der Waals surface area contributed by atoms with Gasteiger partial charge in [-0.25, -0.2) is 9.97 Å². The van der Waals surface area contributed by atoms with Gasteiger partial charge >= 0.3 is 0 Å². The summed E-state index contributed by atoms with van der Waals surface area (Å²) in [6.07, 6.45) is 3.15. The Morgan fingerprint density at radius 1 is 1.37 bits per heavy atom. The van der Waals surface area contributed by atoms with Gasteiger partial charge in [0.05, 0.1) is 11.3 Å². The van der Waals surface area contributed by atoms with Crippen LogP contribution in [0.5, 0.6) is 0 Å². The number of carbonyl (C=O) groups excluding carboxylic acids is 1. The average molecular weight is 257 g/mol. The van der Waals surface area contributed by atoms with Gasteiger partial charge in [-0.2, -0.15) is 0 Å². The SMILES string of the molecule is Cc1cc(CNC(=O)c2cnc(N)nc2C)ccn1. The molecule has 0 spiro atoms. The van der Waals surface area contributed by atoms with Gasteiger partial charge in [-0.15, -0.1) is 0 Å². The Hall–Kier alpha value is -2.50. The third kappa shape index (κ3) is 3.25. The van der Waals surface area contributed by atoms with E-state index in [4.69, 9.17) is 5.73 Å². The third-order valence-corrected chi connectivity index (χ3v) is 2.66. The highest BCUT2D eigenvalue weighted by molar-refractivity contribution is 5.94. The smallest absolute Gasteiger partial charge is 0.254 e. The molecule has 19 heavy (non-hydrogen) atoms. The van der Waals surface area contributed by atoms with E-state index >= 15 is 0 Å². The summed E-state index contributed by atoms with van der Waals surface area (Å²) >= 11 is 0. The van der Waals surface area contributed by atoms with Crippen LogP contribution in [0.25, 0.3) is 0 Å². The first-order chi connectivity index (χ1) is 9.06. The van der Waals surface area contributed by atoms with Crippen molar-refractivity contribution >= 4 is 11.9 Å². The van der Waals surface area contributed by atoms with Gasteiger partial charge in [-0.3, -0.25) is 9.78 Å². The number of aryl methyl sites for hydroxylation is 2. The van der Waals surface area contributed by atoms with Gasteiger partial charge in [0.25, 0.3) is 5.91 Å². The van der Waals surface area contributed by atoms with Gasteiger partial charge in [-0.1, -0.05) is 0 Å². The number of nitrogens with zero attached hydrogens (tertiary/aromatic N) is 3. The van der Waals surface area contributed by atoms with Crippen LogP contribution in [0.3, 0.4) is 0 Å². The van der Waals surface area contributed by atoms with E-state index in [0.717, 1.165) is 11.3 Å². The number of nitrogens with one attached hydrogen (secondary N) is 1. The number of hydrogen-bond donors (Lipinski definition) is 2. The molecule has 0 atom stereocenters. The van der Waals surface area contributed by atoms with E-state index in [1.165, 1.54) is 6.20 Å². The van der Waals surface area contributed by atoms with E-state index in [1.807, 2.05) is 19.1 Å². The molecule has 0 fully saturated rings. The normalized spacial score (nSPS) is 10.2. The molecule has 0 aliphatic rings. The minimum atomic E-state index is -0.216. The van der Waals surface area contributed by atoms with Gasteiger partial charge in [0.2, 0.25) is 5.95 Å². The molecule has 0 saturated heterocycles. The molecule has 2 heterocycles. The summed E-state index contributed by atoms with van der Waals surface area (Å²) in [6.45, 7) is 4.07. The topological polar surface area (TPSA) is 93.8 Å². The summed E-state index contributed by atoms with van der Waals surface area (Å²) < 4.78 is 0. The number of rotatable bonds is 3. The first kappa shape index (κ1) is 12.9. The van der Waals surface area contributed by atoms with Crippen molar-refractivity contribution in [2.24, 2.45) is 0 Å². The van der Waals surface area contributed by atoms with Crippen molar-refractivity contribution in [3.05, 3.63) is 47.0 Å². The fourth-order valence-electron chi connectivity index (χ4n) is 1.70. The molecule has 2 rings (SSSR count). The van der Waals surface area contributed by atoms with Crippen LogP contribution in [-0.2, 0) is 6.54 Å². The second-order valence-corrected chi connectivity index (χ2v) is 4.22. The van der Waals surface area contributed by atoms with Gasteiger partial charge in [0.15, 0.2) is 0 Å². The second kappa shape index (κ2) is 5.43. The highest BCUT2D eigenvalue weighted by Crippen LogP contribution is 2.06. The summed E-state index contributed by atoms with van der Waals surface area (Å²) in [5.41, 5.74) is 8.36. The Morgan fingerprint density at radius 3 is 2.84 bits per heavy atom. The van der Waals surface area contributed by atoms with Gasteiger partial charge < -0.3 is 11.1 Å². The predicted molar refractivity (Wildman–Crippen MR) is 71.3 cm³/mol. The molecule has 0 aliphatic heterocycles. The first-order valence-electron chi connectivity index (χ1n) is 5.85. The molecule has 3 N–H and O–H groups in total. The van der Waals surface area contributed by atoms with E-state index in [-0.39, 0.29) is 11.9 Å². The molecule has 2 aromatic heterocycles. The van der Waals surface area contributed by atoms with Crippen LogP contribution >= 0.6 is 0 Å². The Morgan fingerprint density at radius 2 is 2.16 bits per heavy atom. The number of nitrogens with two attached hydrogens (primary N) is 1. The van der Waals surface area contributed by atoms with E-state index in [2.05, 4.69) is 20.3 Å². The highest BCUT2D eigenvalue weighted by Gasteiger charge is 2.10. The molecule has 0 aliphatic carbocycles. The quantitative estimate of drug-likeness (QED) is 0.855. The number of amides is 1. The maximum absolute atomic E-state index is 12.0. The minimum Gasteiger partial charge on any atom is -0.368 e. The molecule has 6 heteroatoms. The van der Waals surface area contributed by atoms with Gasteiger partial charge in [0, 0.05) is 24.6 Å². The molecular weight excluding hydrogens is 242 g/mol. The molecule has 2 aromatic rings. The number of carbonyl (C=O) groups is 1. The summed E-state index contributed by atoms with van der Waals surface area (Å²) in [5.74, 6) is -0.0502. The van der Waals surface area contributed by atoms with Crippen molar-refractivity contribution in [3.63, 3.8) is 0 Å². The molecule has 0 radical (unpaired) electrons. The average Bonchev–Trinajstić information content (AvgIpc) is 2.36. The maximum Gasteiger partial charge on any atom is 0.254 e. The van der Waals surface area contributed by atoms with Crippen LogP contribution in [0.15, 0.2) is 24.5 Å². The van der Waals surface area contributed by atoms with Crippen molar-refractivity contribution < 1.29 is 4.79 Å². The first-order valence-corrected chi connectivity index (χ1v) is 5.85. The van der Waals surface area contributed by atoms with Crippen molar-refractivity contribution in [2.75, 3.05) is 5.73 Å². The zero-order valence-corrected chi connectivity index (χ0v) is 10.8. The number of nitrogen functional groups attached to an aromatic ring is 1. The van der Waals surface area contributed by atoms with Crippen LogP contribution in [0.1, 0.15) is 27.3 Å². The molecule has 1 amide bonds. The highest BCUT2D eigenvalue weighted by atomic mass is 16.1. The van der Waals surface area contributed by atoms with Crippen LogP contribution in [-0.4, -0.2) is 20.9 Å². The van der Waals surface area contributed by atoms with Crippen molar-refractivity contribution in [1.29, 1.82) is 0 Å². The number of hydrogen-bond acceptors (Lipinski definition) is 5. The Balaban J connectivity index is 2.05. The van der Waals surface area contributed by atoms with Gasteiger partial charge in [-0.05, 0) is 31.5 Å². The van der Waals surface area contributed by atoms with Crippen molar-refractivity contribution in [2.45, 2.75) is 20.4 Å². The number of aromatic nitrogens is 3. The fourth-order valence-corrected chi connectivity index (χ4v) is 1.70. The lowest BCUT2D eigenvalue weighted by Gasteiger charge is -2.07. The monoisotopic (exact) mass is 257 g/mol. The van der Waals surface area contributed by atoms with Crippen LogP contribution < -0.4 is 11.1 Å². The van der Waals surface area contributed by atoms with Crippen LogP contribution in [0.4, 0.5) is 5.95 Å². The third-order valence-electron chi connectivity index (χ3n) is 2.66. The lowest BCUT2D eigenvalue weighted by atomic mass is 10.2. The zero-order chi connectivity index (χ0) is 13.8. The summed E-state index contributed by atoms with van der Waals surface area (Å²) in [6, 6.07) is 3.78. The van der Waals surface area contributed by atoms with Crippen molar-refractivity contribution in [1.82, 2.24) is 20.3 Å². The maximum atomic E-state index is 12.0. The summed E-state index contributed by atoms with van der Waals surface area (Å²) in [4.78, 5) is 23.9. The lowest BCUT2D eigenvalue weighted by molar-refractivity contribution is 0.0949. The molecular formula is C13H15N5O. The fraction of sp³-hybridized carbons (Fsp3) is 0.231. The number of pyridine rings is 1. The van der Waals surface area contributed by atoms with Gasteiger partial charge in [0.1, 0.15) is 0 Å². The lowest BCUT2D eigenvalue weighted by Crippen LogP contribution is -2.24. The summed E-state index contributed by atoms with van der Waals surface area (Å²) in [5, 5.41) is 2.82. The predicted octanol–water partition coefficient (Wildman–Crippen LogP) is 1.00. The standard InChI is InChI=1S/C13H15N5O/c1-8-5-10(3-4-15-8)6-16-12(19)11-7-17-13(14)18-9(11)2/h3-5,7H,6H2,1-2H3,(H,16,19)(H2,14,17,18). The molecule has 0 saturated carbocycles. The van der Waals surface area contributed by atoms with Crippen LogP contribution in [0, 0.1) is 13.8 Å². The summed E-state index contributed by atoms with van der Waals surface area (Å²) in [7, 11) is 0. The van der Waals surface area contributed by atoms with Crippen molar-refractivity contribution in [3.8, 4) is 0 Å². The van der Waals surface area contributed by atoms with E-state index < -0.39 is 0 Å². The van der Waals surface area contributed by atoms with E-state index in [1.54, 1.807) is 13.1 Å². The molecule has 98 valence electrons. The second-order valence-electron chi connectivity index (χ2n) is 4.22. The number of anilines is 1. The largest absolute Gasteiger partial charge is 0.368 e. The van der Waals surface area contributed by atoms with Crippen LogP contribution in [0.2, 0.25) is 0 Å². The zero-order valence-electron chi connectivity index (χ0n) is 10.8. The Labute approximate surface area is 111 Å². The Kier molecular flexibility index (Phi) is 3.70. The van der Waals surface area contributed by atoms with E-state index in [9.17, 15) is 4.79 Å². The minimum absolute atomic E-state index is 0.166. The van der Waals surface area contributed by atoms with E-state index in [0.29, 0.717) is 17.8 Å².